The second kappa shape index (κ2) is 7.22. The van der Waals surface area contributed by atoms with E-state index < -0.39 is 29.4 Å². The molecule has 0 bridgehead atoms. The Balaban J connectivity index is 1.61. The van der Waals surface area contributed by atoms with Crippen LogP contribution in [0.3, 0.4) is 0 Å². The Kier molecular flexibility index (Phi) is 4.83. The number of Topliss-reactive ketones (excluding diaryl/α,β-unsaturated/α-hetero) is 1. The van der Waals surface area contributed by atoms with Gasteiger partial charge in [0.2, 0.25) is 11.9 Å². The summed E-state index contributed by atoms with van der Waals surface area (Å²) in [6, 6.07) is 11.0. The van der Waals surface area contributed by atoms with Crippen LogP contribution in [0.4, 0.5) is 5.69 Å². The predicted octanol–water partition coefficient (Wildman–Crippen LogP) is 2.47. The number of nitro benzene ring substituents is 1. The molecule has 0 fully saturated rings. The molecule has 8 nitrogen and oxygen atoms in total. The number of nitro groups is 1. The SMILES string of the molecule is Cc1ccc(C(=O)COC(=O)[C@@H]2COc3ccccc3O2)cc1[N+](=O)[O-]. The molecular weight excluding hydrogens is 342 g/mol. The minimum absolute atomic E-state index is 0.0277. The molecule has 0 N–H and O–H groups in total. The smallest absolute Gasteiger partial charge is 0.351 e. The number of nitrogens with zero attached hydrogens (tertiary/aromatic N) is 1. The first-order valence-corrected chi connectivity index (χ1v) is 7.79. The fourth-order valence-electron chi connectivity index (χ4n) is 2.43. The van der Waals surface area contributed by atoms with Crippen LogP contribution in [-0.4, -0.2) is 36.0 Å². The topological polar surface area (TPSA) is 105 Å². The van der Waals surface area contributed by atoms with E-state index in [1.165, 1.54) is 18.2 Å². The fourth-order valence-corrected chi connectivity index (χ4v) is 2.43. The van der Waals surface area contributed by atoms with Gasteiger partial charge >= 0.3 is 5.97 Å². The summed E-state index contributed by atoms with van der Waals surface area (Å²) >= 11 is 0. The largest absolute Gasteiger partial charge is 0.485 e. The zero-order valence-electron chi connectivity index (χ0n) is 13.8. The quantitative estimate of drug-likeness (QED) is 0.350. The second-order valence-corrected chi connectivity index (χ2v) is 5.65. The molecule has 0 aliphatic carbocycles. The standard InChI is InChI=1S/C18H15NO7/c1-11-6-7-12(8-13(11)19(22)23)14(20)9-25-18(21)17-10-24-15-4-2-3-5-16(15)26-17/h2-8,17H,9-10H2,1H3/t17-/m0/s1. The first kappa shape index (κ1) is 17.4. The minimum Gasteiger partial charge on any atom is -0.485 e. The predicted molar refractivity (Wildman–Crippen MR) is 89.5 cm³/mol. The van der Waals surface area contributed by atoms with E-state index in [1.54, 1.807) is 31.2 Å². The summed E-state index contributed by atoms with van der Waals surface area (Å²) in [7, 11) is 0. The average Bonchev–Trinajstić information content (AvgIpc) is 2.65. The van der Waals surface area contributed by atoms with Gasteiger partial charge in [0.25, 0.3) is 5.69 Å². The highest BCUT2D eigenvalue weighted by Gasteiger charge is 2.29. The number of fused-ring (bicyclic) bond motifs is 1. The van der Waals surface area contributed by atoms with Crippen molar-refractivity contribution in [2.75, 3.05) is 13.2 Å². The number of carbonyl (C=O) groups is 2. The van der Waals surface area contributed by atoms with Crippen molar-refractivity contribution in [1.82, 2.24) is 0 Å². The number of carbonyl (C=O) groups excluding carboxylic acids is 2. The molecule has 134 valence electrons. The van der Waals surface area contributed by atoms with Crippen molar-refractivity contribution in [3.63, 3.8) is 0 Å². The number of hydrogen-bond acceptors (Lipinski definition) is 7. The van der Waals surface area contributed by atoms with E-state index in [9.17, 15) is 19.7 Å². The molecule has 0 saturated heterocycles. The number of ether oxygens (including phenoxy) is 3. The van der Waals surface area contributed by atoms with Crippen LogP contribution in [-0.2, 0) is 9.53 Å². The van der Waals surface area contributed by atoms with Crippen LogP contribution >= 0.6 is 0 Å². The molecule has 8 heteroatoms. The van der Waals surface area contributed by atoms with Gasteiger partial charge in [-0.1, -0.05) is 24.3 Å². The summed E-state index contributed by atoms with van der Waals surface area (Å²) in [6.45, 7) is 1.01. The van der Waals surface area contributed by atoms with Crippen molar-refractivity contribution in [2.24, 2.45) is 0 Å². The van der Waals surface area contributed by atoms with Crippen molar-refractivity contribution < 1.29 is 28.7 Å². The van der Waals surface area contributed by atoms with Gasteiger partial charge < -0.3 is 14.2 Å². The molecule has 3 rings (SSSR count). The second-order valence-electron chi connectivity index (χ2n) is 5.65. The van der Waals surface area contributed by atoms with Crippen molar-refractivity contribution >= 4 is 17.4 Å². The lowest BCUT2D eigenvalue weighted by atomic mass is 10.1. The summed E-state index contributed by atoms with van der Waals surface area (Å²) in [6.07, 6.45) is -0.981. The lowest BCUT2D eigenvalue weighted by Gasteiger charge is -2.24. The molecule has 1 atom stereocenters. The van der Waals surface area contributed by atoms with Gasteiger partial charge in [0.1, 0.15) is 6.61 Å². The number of esters is 1. The Morgan fingerprint density at radius 3 is 2.69 bits per heavy atom. The average molecular weight is 357 g/mol. The van der Waals surface area contributed by atoms with E-state index >= 15 is 0 Å². The molecule has 1 aliphatic rings. The Morgan fingerprint density at radius 1 is 1.23 bits per heavy atom. The van der Waals surface area contributed by atoms with Gasteiger partial charge in [0.15, 0.2) is 18.1 Å². The number of para-hydroxylation sites is 2. The Labute approximate surface area is 148 Å². The van der Waals surface area contributed by atoms with Crippen molar-refractivity contribution in [2.45, 2.75) is 13.0 Å². The molecule has 1 heterocycles. The third-order valence-electron chi connectivity index (χ3n) is 3.84. The maximum atomic E-state index is 12.1. The fraction of sp³-hybridized carbons (Fsp3) is 0.222. The van der Waals surface area contributed by atoms with E-state index in [2.05, 4.69) is 0 Å². The van der Waals surface area contributed by atoms with Crippen molar-refractivity contribution in [3.05, 3.63) is 63.7 Å². The maximum absolute atomic E-state index is 12.1. The summed E-state index contributed by atoms with van der Waals surface area (Å²) < 4.78 is 15.9. The van der Waals surface area contributed by atoms with Gasteiger partial charge in [-0.15, -0.1) is 0 Å². The van der Waals surface area contributed by atoms with E-state index in [-0.39, 0.29) is 17.9 Å². The zero-order chi connectivity index (χ0) is 18.7. The van der Waals surface area contributed by atoms with Crippen LogP contribution in [0.1, 0.15) is 15.9 Å². The zero-order valence-corrected chi connectivity index (χ0v) is 13.8. The van der Waals surface area contributed by atoms with Gasteiger partial charge in [0.05, 0.1) is 4.92 Å². The van der Waals surface area contributed by atoms with Gasteiger partial charge in [-0.25, -0.2) is 4.79 Å². The van der Waals surface area contributed by atoms with E-state index in [4.69, 9.17) is 14.2 Å². The Morgan fingerprint density at radius 2 is 1.96 bits per heavy atom. The van der Waals surface area contributed by atoms with Crippen LogP contribution in [0.2, 0.25) is 0 Å². The normalized spacial score (nSPS) is 15.2. The monoisotopic (exact) mass is 357 g/mol. The van der Waals surface area contributed by atoms with Gasteiger partial charge in [-0.05, 0) is 19.1 Å². The molecule has 2 aromatic carbocycles. The molecule has 0 radical (unpaired) electrons. The summed E-state index contributed by atoms with van der Waals surface area (Å²) in [5.41, 5.74) is 0.374. The molecule has 2 aromatic rings. The van der Waals surface area contributed by atoms with Crippen LogP contribution in [0.5, 0.6) is 11.5 Å². The summed E-state index contributed by atoms with van der Waals surface area (Å²) in [5, 5.41) is 10.9. The maximum Gasteiger partial charge on any atom is 0.351 e. The first-order chi connectivity index (χ1) is 12.5. The van der Waals surface area contributed by atoms with Crippen LogP contribution in [0, 0.1) is 17.0 Å². The van der Waals surface area contributed by atoms with Crippen LogP contribution in [0.15, 0.2) is 42.5 Å². The van der Waals surface area contributed by atoms with Gasteiger partial charge in [-0.3, -0.25) is 14.9 Å². The number of ketones is 1. The van der Waals surface area contributed by atoms with Gasteiger partial charge in [0, 0.05) is 17.2 Å². The highest BCUT2D eigenvalue weighted by atomic mass is 16.6. The lowest BCUT2D eigenvalue weighted by Crippen LogP contribution is -2.38. The van der Waals surface area contributed by atoms with Crippen LogP contribution < -0.4 is 9.47 Å². The third kappa shape index (κ3) is 3.64. The van der Waals surface area contributed by atoms with Crippen LogP contribution in [0.25, 0.3) is 0 Å². The van der Waals surface area contributed by atoms with Crippen molar-refractivity contribution in [3.8, 4) is 11.5 Å². The number of aryl methyl sites for hydroxylation is 1. The number of hydrogen-bond donors (Lipinski definition) is 0. The highest BCUT2D eigenvalue weighted by molar-refractivity contribution is 5.98. The minimum atomic E-state index is -0.981. The van der Waals surface area contributed by atoms with E-state index in [0.717, 1.165) is 0 Å². The third-order valence-corrected chi connectivity index (χ3v) is 3.84. The number of rotatable bonds is 5. The Bertz CT molecular complexity index is 878. The lowest BCUT2D eigenvalue weighted by molar-refractivity contribution is -0.385. The molecule has 1 aliphatic heterocycles. The van der Waals surface area contributed by atoms with E-state index in [1.807, 2.05) is 0 Å². The molecule has 0 amide bonds. The molecule has 26 heavy (non-hydrogen) atoms. The van der Waals surface area contributed by atoms with Gasteiger partial charge in [-0.2, -0.15) is 0 Å². The first-order valence-electron chi connectivity index (χ1n) is 7.79. The molecule has 0 spiro atoms. The van der Waals surface area contributed by atoms with E-state index in [0.29, 0.717) is 17.1 Å². The molecule has 0 saturated carbocycles. The highest BCUT2D eigenvalue weighted by Crippen LogP contribution is 2.31. The molecule has 0 aromatic heterocycles. The molecule has 0 unspecified atom stereocenters. The molecular formula is C18H15NO7. The summed E-state index contributed by atoms with van der Waals surface area (Å²) in [4.78, 5) is 34.6. The number of benzene rings is 2. The Hall–Kier alpha value is -3.42. The summed E-state index contributed by atoms with van der Waals surface area (Å²) in [5.74, 6) is -0.339. The van der Waals surface area contributed by atoms with Crippen molar-refractivity contribution in [1.29, 1.82) is 0 Å².